The zero-order valence-corrected chi connectivity index (χ0v) is 21.8. The molecule has 0 radical (unpaired) electrons. The first-order valence-corrected chi connectivity index (χ1v) is 14.0. The van der Waals surface area contributed by atoms with Gasteiger partial charge in [0.15, 0.2) is 0 Å². The fourth-order valence-electron chi connectivity index (χ4n) is 6.91. The van der Waals surface area contributed by atoms with Crippen LogP contribution in [0.15, 0.2) is 0 Å². The second-order valence-corrected chi connectivity index (χ2v) is 12.1. The molecule has 6 rings (SSSR count). The van der Waals surface area contributed by atoms with Gasteiger partial charge in [-0.05, 0) is 13.8 Å². The molecule has 1 aliphatic carbocycles. The molecule has 17 nitrogen and oxygen atoms in total. The average Bonchev–Trinajstić information content (AvgIpc) is 3.41. The Labute approximate surface area is 221 Å². The molecule has 5 N–H and O–H groups in total. The van der Waals surface area contributed by atoms with E-state index in [1.54, 1.807) is 0 Å². The smallest absolute Gasteiger partial charge is 0.390 e. The van der Waals surface area contributed by atoms with Crippen molar-refractivity contribution in [3.63, 3.8) is 0 Å². The minimum Gasteiger partial charge on any atom is -0.390 e. The van der Waals surface area contributed by atoms with Crippen LogP contribution < -0.4 is 10.6 Å². The highest BCUT2D eigenvalue weighted by Gasteiger charge is 2.82. The van der Waals surface area contributed by atoms with Gasteiger partial charge in [-0.25, -0.2) is 14.2 Å². The third-order valence-electron chi connectivity index (χ3n) is 9.07. The molecular weight excluding hydrogens is 547 g/mol. The molecule has 1 saturated carbocycles. The van der Waals surface area contributed by atoms with Crippen molar-refractivity contribution >= 4 is 31.7 Å². The number of aliphatic hydroxyl groups excluding tert-OH is 1. The monoisotopic (exact) mass is 576 g/mol. The van der Waals surface area contributed by atoms with Crippen LogP contribution in [0.4, 0.5) is 9.59 Å². The largest absolute Gasteiger partial charge is 0.469 e. The Balaban J connectivity index is 1.43. The Kier molecular flexibility index (Phi) is 6.15. The summed E-state index contributed by atoms with van der Waals surface area (Å²) in [6.07, 6.45) is -5.87. The standard InChI is InChI=1S/C21H29N4O13P/c1-20-14-15-21(20,2)17(28)23-19(30)25(15)13-4-9(11(38-13)6-36-39(31,32)33)35-7-34-5-10-8(26)3-12(37-10)24(14)18(29)22-16(20)27/h8-15,26H,3-7H2,1-2H3,(H,22,27,29)(H,23,28,30)(H2,31,32,33)/t8-,9-,10+,11+,12+,13+,14+,15-,20-,21+/m0/s1. The minimum atomic E-state index is -4.87. The zero-order chi connectivity index (χ0) is 28.1. The van der Waals surface area contributed by atoms with E-state index in [1.165, 1.54) is 23.6 Å². The first-order valence-electron chi connectivity index (χ1n) is 12.4. The van der Waals surface area contributed by atoms with Gasteiger partial charge in [0.1, 0.15) is 31.5 Å². The number of ether oxygens (including phenoxy) is 4. The second kappa shape index (κ2) is 8.89. The van der Waals surface area contributed by atoms with Crippen molar-refractivity contribution in [3.05, 3.63) is 0 Å². The Bertz CT molecular complexity index is 1170. The molecule has 0 unspecified atom stereocenters. The van der Waals surface area contributed by atoms with E-state index in [9.17, 15) is 38.6 Å². The van der Waals surface area contributed by atoms with Crippen molar-refractivity contribution in [2.45, 2.75) is 75.6 Å². The van der Waals surface area contributed by atoms with Gasteiger partial charge in [-0.15, -0.1) is 0 Å². The van der Waals surface area contributed by atoms with E-state index in [2.05, 4.69) is 15.2 Å². The summed E-state index contributed by atoms with van der Waals surface area (Å²) >= 11 is 0. The number of nitrogens with one attached hydrogen (secondary N) is 2. The van der Waals surface area contributed by atoms with Gasteiger partial charge < -0.3 is 33.8 Å². The molecule has 39 heavy (non-hydrogen) atoms. The first kappa shape index (κ1) is 27.0. The maximum atomic E-state index is 13.3. The number of amides is 6. The lowest BCUT2D eigenvalue weighted by molar-refractivity contribution is -0.243. The molecule has 0 spiro atoms. The van der Waals surface area contributed by atoms with E-state index in [4.69, 9.17) is 18.9 Å². The molecule has 5 aliphatic heterocycles. The van der Waals surface area contributed by atoms with E-state index >= 15 is 0 Å². The molecular formula is C21H29N4O13P. The molecule has 6 aliphatic rings. The number of carbonyl (C=O) groups excluding carboxylic acids is 4. The van der Waals surface area contributed by atoms with Gasteiger partial charge in [-0.1, -0.05) is 0 Å². The predicted octanol–water partition coefficient (Wildman–Crippen LogP) is -2.07. The van der Waals surface area contributed by atoms with Crippen LogP contribution in [-0.4, -0.2) is 118 Å². The number of fused-ring (bicyclic) bond motifs is 7. The van der Waals surface area contributed by atoms with Crippen LogP contribution in [-0.2, 0) is 37.6 Å². The maximum absolute atomic E-state index is 13.3. The molecule has 5 heterocycles. The van der Waals surface area contributed by atoms with E-state index in [1.807, 2.05) is 0 Å². The maximum Gasteiger partial charge on any atom is 0.469 e. The van der Waals surface area contributed by atoms with Crippen LogP contribution in [0, 0.1) is 10.8 Å². The number of rotatable bonds is 3. The van der Waals surface area contributed by atoms with Crippen LogP contribution in [0.2, 0.25) is 0 Å². The number of hydrogen-bond acceptors (Lipinski definition) is 11. The van der Waals surface area contributed by atoms with E-state index in [-0.39, 0.29) is 26.2 Å². The lowest BCUT2D eigenvalue weighted by Crippen LogP contribution is -2.92. The van der Waals surface area contributed by atoms with Gasteiger partial charge in [-0.3, -0.25) is 34.5 Å². The summed E-state index contributed by atoms with van der Waals surface area (Å²) in [6.45, 7) is 2.06. The van der Waals surface area contributed by atoms with Crippen molar-refractivity contribution in [2.24, 2.45) is 10.8 Å². The molecule has 6 fully saturated rings. The topological polar surface area (TPSA) is 223 Å². The summed E-state index contributed by atoms with van der Waals surface area (Å²) in [4.78, 5) is 74.0. The summed E-state index contributed by atoms with van der Waals surface area (Å²) in [5.74, 6) is -1.40. The molecule has 4 bridgehead atoms. The number of nitrogens with zero attached hydrogens (tertiary/aromatic N) is 2. The Morgan fingerprint density at radius 2 is 1.51 bits per heavy atom. The van der Waals surface area contributed by atoms with Crippen LogP contribution >= 0.6 is 7.82 Å². The zero-order valence-electron chi connectivity index (χ0n) is 20.9. The van der Waals surface area contributed by atoms with Crippen LogP contribution in [0.3, 0.4) is 0 Å². The quantitative estimate of drug-likeness (QED) is 0.228. The molecule has 6 amide bonds. The van der Waals surface area contributed by atoms with Gasteiger partial charge in [0.2, 0.25) is 11.8 Å². The molecule has 0 aromatic rings. The summed E-state index contributed by atoms with van der Waals surface area (Å²) in [5.41, 5.74) is -3.00. The van der Waals surface area contributed by atoms with E-state index in [0.717, 1.165) is 0 Å². The van der Waals surface area contributed by atoms with Crippen molar-refractivity contribution in [1.29, 1.82) is 0 Å². The number of carbonyl (C=O) groups is 4. The third kappa shape index (κ3) is 3.79. The molecule has 18 heteroatoms. The highest BCUT2D eigenvalue weighted by Crippen LogP contribution is 2.64. The number of imide groups is 2. The van der Waals surface area contributed by atoms with Crippen LogP contribution in [0.25, 0.3) is 0 Å². The summed E-state index contributed by atoms with van der Waals surface area (Å²) in [7, 11) is -4.87. The molecule has 10 atom stereocenters. The lowest BCUT2D eigenvalue weighted by atomic mass is 9.42. The first-order chi connectivity index (χ1) is 18.3. The Morgan fingerprint density at radius 1 is 0.949 bits per heavy atom. The summed E-state index contributed by atoms with van der Waals surface area (Å²) in [6, 6.07) is -3.72. The minimum absolute atomic E-state index is 0.00228. The van der Waals surface area contributed by atoms with Gasteiger partial charge in [0.05, 0.1) is 48.3 Å². The normalized spacial score (nSPS) is 45.8. The average molecular weight is 576 g/mol. The molecule has 0 aromatic carbocycles. The van der Waals surface area contributed by atoms with Gasteiger partial charge in [-0.2, -0.15) is 0 Å². The number of phosphoric acid groups is 1. The van der Waals surface area contributed by atoms with Crippen molar-refractivity contribution in [3.8, 4) is 0 Å². The summed E-state index contributed by atoms with van der Waals surface area (Å²) in [5, 5.41) is 15.2. The second-order valence-electron chi connectivity index (χ2n) is 10.9. The van der Waals surface area contributed by atoms with Crippen molar-refractivity contribution < 1.29 is 62.1 Å². The highest BCUT2D eigenvalue weighted by atomic mass is 31.2. The fraction of sp³-hybridized carbons (Fsp3) is 0.810. The van der Waals surface area contributed by atoms with Gasteiger partial charge in [0.25, 0.3) is 0 Å². The van der Waals surface area contributed by atoms with Crippen molar-refractivity contribution in [1.82, 2.24) is 20.4 Å². The van der Waals surface area contributed by atoms with Crippen LogP contribution in [0.1, 0.15) is 26.7 Å². The molecule has 5 saturated heterocycles. The van der Waals surface area contributed by atoms with E-state index in [0.29, 0.717) is 0 Å². The SMILES string of the molecule is C[C@]12C(=O)NC(=O)N3[C@H]1[C@H]1N(C(=O)NC(=O)[C@]12C)[C@H]1C[C@H](O)[C@@H](COCO[C@H]2C[C@H]3O[C@@H]2COP(=O)(O)O)O1. The van der Waals surface area contributed by atoms with Crippen LogP contribution in [0.5, 0.6) is 0 Å². The fourth-order valence-corrected chi connectivity index (χ4v) is 7.25. The number of aliphatic hydroxyl groups is 1. The number of phosphoric ester groups is 1. The number of urea groups is 2. The van der Waals surface area contributed by atoms with E-state index < -0.39 is 98.1 Å². The summed E-state index contributed by atoms with van der Waals surface area (Å²) < 4.78 is 39.2. The highest BCUT2D eigenvalue weighted by molar-refractivity contribution is 7.46. The lowest BCUT2D eigenvalue weighted by Gasteiger charge is -2.72. The predicted molar refractivity (Wildman–Crippen MR) is 121 cm³/mol. The number of hydrogen-bond donors (Lipinski definition) is 5. The Morgan fingerprint density at radius 3 is 2.08 bits per heavy atom. The third-order valence-corrected chi connectivity index (χ3v) is 9.56. The van der Waals surface area contributed by atoms with Gasteiger partial charge in [0, 0.05) is 12.8 Å². The van der Waals surface area contributed by atoms with Gasteiger partial charge >= 0.3 is 19.9 Å². The molecule has 216 valence electrons. The Hall–Kier alpha value is -2.21. The van der Waals surface area contributed by atoms with Crippen molar-refractivity contribution in [2.75, 3.05) is 20.0 Å². The molecule has 0 aromatic heterocycles.